The predicted molar refractivity (Wildman–Crippen MR) is 267 cm³/mol. The fourth-order valence-corrected chi connectivity index (χ4v) is 12.2. The van der Waals surface area contributed by atoms with Crippen molar-refractivity contribution in [3.8, 4) is 0 Å². The highest BCUT2D eigenvalue weighted by Gasteiger charge is 2.52. The van der Waals surface area contributed by atoms with Crippen LogP contribution in [0, 0.1) is 29.6 Å². The second-order valence-corrected chi connectivity index (χ2v) is 23.6. The molecule has 5 saturated heterocycles. The molecule has 6 heterocycles. The summed E-state index contributed by atoms with van der Waals surface area (Å²) < 4.78 is 137. The Hall–Kier alpha value is -2.66. The van der Waals surface area contributed by atoms with Gasteiger partial charge in [-0.15, -0.1) is 0 Å². The van der Waals surface area contributed by atoms with Gasteiger partial charge in [-0.2, -0.15) is 16.8 Å². The van der Waals surface area contributed by atoms with Crippen LogP contribution in [0.5, 0.6) is 0 Å². The topological polar surface area (TPSA) is 546 Å². The Balaban J connectivity index is 1.10. The van der Waals surface area contributed by atoms with Crippen LogP contribution in [0.3, 0.4) is 0 Å². The van der Waals surface area contributed by atoms with Gasteiger partial charge in [0.2, 0.25) is 5.76 Å². The maximum atomic E-state index is 12.7. The molecule has 0 aliphatic carbocycles. The Morgan fingerprint density at radius 3 is 1.27 bits per heavy atom. The monoisotopic (exact) mass is 1270 g/mol. The number of aliphatic carboxylic acids is 2. The number of ether oxygens (including phenoxy) is 11. The molecule has 23 unspecified atom stereocenters. The van der Waals surface area contributed by atoms with Gasteiger partial charge in [-0.05, 0) is 26.8 Å². The minimum Gasteiger partial charge on any atom is -0.479 e. The van der Waals surface area contributed by atoms with E-state index in [2.05, 4.69) is 8.37 Å². The molecule has 0 saturated carbocycles. The first-order valence-corrected chi connectivity index (χ1v) is 29.4. The number of rotatable bonds is 28. The van der Waals surface area contributed by atoms with E-state index in [0.717, 1.165) is 6.08 Å². The van der Waals surface area contributed by atoms with E-state index in [4.69, 9.17) is 52.1 Å². The lowest BCUT2D eigenvalue weighted by molar-refractivity contribution is -0.244. The van der Waals surface area contributed by atoms with E-state index >= 15 is 0 Å². The number of hydrogen-bond acceptors (Lipinski definition) is 31. The van der Waals surface area contributed by atoms with Gasteiger partial charge in [0, 0.05) is 29.6 Å². The molecule has 16 N–H and O–H groups in total. The first-order valence-electron chi connectivity index (χ1n) is 26.7. The molecule has 0 amide bonds. The largest absolute Gasteiger partial charge is 0.479 e. The third kappa shape index (κ3) is 17.8. The predicted octanol–water partition coefficient (Wildman–Crippen LogP) is -8.53. The average Bonchev–Trinajstić information content (AvgIpc) is 3.61. The highest BCUT2D eigenvalue weighted by molar-refractivity contribution is 7.81. The summed E-state index contributed by atoms with van der Waals surface area (Å²) in [6.07, 6.45) is -34.6. The molecule has 5 fully saturated rings. The quantitative estimate of drug-likeness (QED) is 0.0324. The van der Waals surface area contributed by atoms with Crippen LogP contribution in [-0.2, 0) is 90.9 Å². The van der Waals surface area contributed by atoms with Crippen molar-refractivity contribution in [2.75, 3.05) is 79.3 Å². The zero-order valence-corrected chi connectivity index (χ0v) is 47.1. The number of aliphatic hydroxyl groups excluding tert-OH is 12. The minimum atomic E-state index is -5.19. The zero-order chi connectivity index (χ0) is 62.3. The van der Waals surface area contributed by atoms with Crippen LogP contribution in [0.25, 0.3) is 0 Å². The van der Waals surface area contributed by atoms with E-state index < -0.39 is 275 Å². The van der Waals surface area contributed by atoms with Crippen LogP contribution in [-0.4, -0.2) is 329 Å². The van der Waals surface area contributed by atoms with Crippen LogP contribution < -0.4 is 0 Å². The van der Waals surface area contributed by atoms with Crippen molar-refractivity contribution in [3.63, 3.8) is 0 Å². The first-order chi connectivity index (χ1) is 39.4. The smallest absolute Gasteiger partial charge is 0.397 e. The van der Waals surface area contributed by atoms with Crippen molar-refractivity contribution in [3.05, 3.63) is 11.8 Å². The summed E-state index contributed by atoms with van der Waals surface area (Å²) >= 11 is 0. The highest BCUT2D eigenvalue weighted by atomic mass is 32.3. The maximum absolute atomic E-state index is 12.7. The molecule has 0 spiro atoms. The van der Waals surface area contributed by atoms with E-state index in [1.165, 1.54) is 13.8 Å². The van der Waals surface area contributed by atoms with Crippen LogP contribution in [0.4, 0.5) is 0 Å². The van der Waals surface area contributed by atoms with Crippen LogP contribution in [0.1, 0.15) is 20.8 Å². The van der Waals surface area contributed by atoms with Crippen molar-refractivity contribution in [2.24, 2.45) is 29.6 Å². The molecule has 28 atom stereocenters. The maximum Gasteiger partial charge on any atom is 0.397 e. The van der Waals surface area contributed by atoms with Gasteiger partial charge in [0.05, 0.1) is 122 Å². The molecule has 0 radical (unpaired) electrons. The molecule has 0 bridgehead atoms. The Labute approximate surface area is 480 Å². The summed E-state index contributed by atoms with van der Waals surface area (Å²) in [5.74, 6) is -9.29. The SMILES string of the molecule is CC1OC(CO)[C@@H](O)C(COCC2OC(C)[C@@H](O)C(OS(=O)(=O)O)C2O)C1COCC1OC(C(=O)O)[C@@H](COCC2OC(CO)[C@@H](O)C(COCC3OC(C)[C@@H](O)C(OS(=O)(=O)O)C3O)C2COCC2OC(C(=O)O)=CC(O)C2O)C(O)C1O. The standard InChI is InChI=1S/C47H78O35S2/c1-17-20(22(36(53)27(5-48)75-17)9-72-15-32-41(58)44(81-83(64,65)66)34(51)18(2)76-32)7-70-14-31-40(57)38(55)24(43(80-31)47(62)63)11-74-12-29-21(8-71-13-30-39(56)25(50)4-26(78-30)46(60)61)23(37(54)28(6-49)79-29)10-73-16-33-42(59)45(82-84(67,68)69)35(52)19(3)77-33/h4,17-25,27-45,48-59H,5-16H2,1-3H3,(H,60,61)(H,62,63)(H,64,65,66)(H,67,68,69)/t17?,18?,19?,20?,21?,22?,23?,24-,25?,27?,28?,29?,30?,31?,32?,33?,34+,35+,36-,37-,38?,39?,40?,41?,42?,43?,44?,45?/m0/s1. The zero-order valence-electron chi connectivity index (χ0n) is 45.5. The molecule has 35 nitrogen and oxygen atoms in total. The van der Waals surface area contributed by atoms with E-state index in [1.807, 2.05) is 0 Å². The summed E-state index contributed by atoms with van der Waals surface area (Å²) in [6.45, 7) is -2.15. The summed E-state index contributed by atoms with van der Waals surface area (Å²) in [4.78, 5) is 24.4. The normalized spacial score (nSPS) is 43.3. The van der Waals surface area contributed by atoms with Gasteiger partial charge in [-0.1, -0.05) is 0 Å². The molecule has 6 aliphatic rings. The lowest BCUT2D eigenvalue weighted by Crippen LogP contribution is -2.60. The molecular formula is C47H78O35S2. The summed E-state index contributed by atoms with van der Waals surface area (Å²) in [7, 11) is -10.3. The van der Waals surface area contributed by atoms with Gasteiger partial charge in [-0.3, -0.25) is 9.11 Å². The highest BCUT2D eigenvalue weighted by Crippen LogP contribution is 2.37. The van der Waals surface area contributed by atoms with Crippen LogP contribution in [0.15, 0.2) is 11.8 Å². The van der Waals surface area contributed by atoms with Crippen molar-refractivity contribution in [1.82, 2.24) is 0 Å². The van der Waals surface area contributed by atoms with Gasteiger partial charge in [-0.25, -0.2) is 18.0 Å². The third-order valence-electron chi connectivity index (χ3n) is 15.9. The first kappa shape index (κ1) is 70.4. The van der Waals surface area contributed by atoms with Gasteiger partial charge >= 0.3 is 32.7 Å². The van der Waals surface area contributed by atoms with Crippen molar-refractivity contribution in [2.45, 2.75) is 161 Å². The second kappa shape index (κ2) is 30.7. The second-order valence-electron chi connectivity index (χ2n) is 21.5. The molecule has 37 heteroatoms. The van der Waals surface area contributed by atoms with Gasteiger partial charge in [0.25, 0.3) is 0 Å². The van der Waals surface area contributed by atoms with E-state index in [-0.39, 0.29) is 13.2 Å². The van der Waals surface area contributed by atoms with Crippen LogP contribution >= 0.6 is 0 Å². The molecule has 0 aromatic heterocycles. The molecule has 6 rings (SSSR count). The summed E-state index contributed by atoms with van der Waals surface area (Å²) in [5, 5.41) is 149. The van der Waals surface area contributed by atoms with Gasteiger partial charge in [0.15, 0.2) is 12.2 Å². The van der Waals surface area contributed by atoms with E-state index in [1.54, 1.807) is 6.92 Å². The fraction of sp³-hybridized carbons (Fsp3) is 0.915. The number of carbonyl (C=O) groups is 2. The van der Waals surface area contributed by atoms with Crippen molar-refractivity contribution < 1.29 is 167 Å². The molecule has 488 valence electrons. The minimum absolute atomic E-state index is 0.294. The van der Waals surface area contributed by atoms with Gasteiger partial charge in [0.1, 0.15) is 85.5 Å². The lowest BCUT2D eigenvalue weighted by Gasteiger charge is -2.45. The number of carboxylic acid groups (broad SMARTS) is 2. The Morgan fingerprint density at radius 1 is 0.429 bits per heavy atom. The Kier molecular flexibility index (Phi) is 25.7. The Morgan fingerprint density at radius 2 is 0.821 bits per heavy atom. The molecule has 0 aromatic carbocycles. The van der Waals surface area contributed by atoms with Crippen molar-refractivity contribution in [1.29, 1.82) is 0 Å². The van der Waals surface area contributed by atoms with Gasteiger partial charge < -0.3 is 124 Å². The van der Waals surface area contributed by atoms with Crippen LogP contribution in [0.2, 0.25) is 0 Å². The summed E-state index contributed by atoms with van der Waals surface area (Å²) in [5.41, 5.74) is 0. The fourth-order valence-electron chi connectivity index (χ4n) is 11.2. The lowest BCUT2D eigenvalue weighted by atomic mass is 9.79. The number of hydrogen-bond donors (Lipinski definition) is 16. The van der Waals surface area contributed by atoms with E-state index in [0.29, 0.717) is 0 Å². The molecule has 0 aromatic rings. The number of carboxylic acids is 2. The third-order valence-corrected chi connectivity index (χ3v) is 16.8. The van der Waals surface area contributed by atoms with E-state index in [9.17, 15) is 107 Å². The average molecular weight is 1270 g/mol. The summed E-state index contributed by atoms with van der Waals surface area (Å²) in [6, 6.07) is 0. The van der Waals surface area contributed by atoms with Crippen molar-refractivity contribution >= 4 is 32.7 Å². The molecular weight excluding hydrogens is 1190 g/mol. The Bertz CT molecular complexity index is 2350. The number of aliphatic hydroxyl groups is 12. The molecule has 6 aliphatic heterocycles. The molecule has 84 heavy (non-hydrogen) atoms.